The summed E-state index contributed by atoms with van der Waals surface area (Å²) in [6.45, 7) is 2.90. The molecular weight excluding hydrogens is 403 g/mol. The average molecular weight is 421 g/mol. The van der Waals surface area contributed by atoms with E-state index in [1.807, 2.05) is 0 Å². The third kappa shape index (κ3) is 5.39. The molecule has 0 heterocycles. The van der Waals surface area contributed by atoms with Crippen LogP contribution in [0.3, 0.4) is 0 Å². The fourth-order valence-electron chi connectivity index (χ4n) is 2.31. The van der Waals surface area contributed by atoms with Crippen molar-refractivity contribution in [1.82, 2.24) is 0 Å². The first-order valence-corrected chi connectivity index (χ1v) is 11.9. The topological polar surface area (TPSA) is 40.1 Å². The molecule has 0 unspecified atom stereocenters. The van der Waals surface area contributed by atoms with E-state index in [4.69, 9.17) is 9.90 Å². The summed E-state index contributed by atoms with van der Waals surface area (Å²) in [7, 11) is 0. The molecule has 0 atom stereocenters. The maximum atomic E-state index is 9.14. The zero-order valence-electron chi connectivity index (χ0n) is 13.3. The predicted octanol–water partition coefficient (Wildman–Crippen LogP) is 1.13. The third-order valence-electron chi connectivity index (χ3n) is 3.35. The van der Waals surface area contributed by atoms with Gasteiger partial charge in [-0.05, 0) is 6.08 Å². The summed E-state index contributed by atoms with van der Waals surface area (Å²) in [5.41, 5.74) is 0. The van der Waals surface area contributed by atoms with Crippen LogP contribution in [-0.2, 0) is 4.79 Å². The first-order chi connectivity index (χ1) is 11.7. The van der Waals surface area contributed by atoms with Gasteiger partial charge in [0, 0.05) is 0 Å². The first-order valence-electron chi connectivity index (χ1n) is 7.59. The second-order valence-electron chi connectivity index (χ2n) is 5.00. The molecule has 0 fully saturated rings. The molecule has 0 saturated heterocycles. The Morgan fingerprint density at radius 3 is 1.17 bits per heavy atom. The van der Waals surface area contributed by atoms with Crippen molar-refractivity contribution in [3.05, 3.63) is 104 Å². The number of benzene rings is 3. The number of hydrogen-bond acceptors (Lipinski definition) is 2. The molecule has 0 saturated carbocycles. The number of carbonyl (C=O) groups excluding carboxylic acids is 1. The summed E-state index contributed by atoms with van der Waals surface area (Å²) in [6.07, 6.45) is 0.722. The maximum absolute atomic E-state index is 9.14. The minimum absolute atomic E-state index is 0.722. The molecule has 0 spiro atoms. The molecular formula is C21H18O2Sn. The number of rotatable bonds is 4. The van der Waals surface area contributed by atoms with Gasteiger partial charge >= 0.3 is 121 Å². The molecule has 0 aliphatic carbocycles. The summed E-state index contributed by atoms with van der Waals surface area (Å²) in [5.74, 6) is -1.23. The Morgan fingerprint density at radius 2 is 0.958 bits per heavy atom. The summed E-state index contributed by atoms with van der Waals surface area (Å²) >= 11 is -1.98. The molecule has 3 aromatic carbocycles. The van der Waals surface area contributed by atoms with Crippen LogP contribution in [-0.4, -0.2) is 25.7 Å². The van der Waals surface area contributed by atoms with Gasteiger partial charge in [0.1, 0.15) is 0 Å². The first kappa shape index (κ1) is 18.0. The van der Waals surface area contributed by atoms with Crippen molar-refractivity contribution < 1.29 is 9.90 Å². The molecule has 24 heavy (non-hydrogen) atoms. The summed E-state index contributed by atoms with van der Waals surface area (Å²) < 4.78 is 4.59. The Balaban J connectivity index is 0.000000368. The second kappa shape index (κ2) is 9.73. The predicted molar refractivity (Wildman–Crippen MR) is 99.2 cm³/mol. The van der Waals surface area contributed by atoms with Crippen LogP contribution in [0.15, 0.2) is 104 Å². The third-order valence-corrected chi connectivity index (χ3v) is 11.2. The van der Waals surface area contributed by atoms with E-state index in [0.717, 1.165) is 6.08 Å². The van der Waals surface area contributed by atoms with Crippen molar-refractivity contribution >= 4 is 36.5 Å². The van der Waals surface area contributed by atoms with Crippen molar-refractivity contribution in [2.24, 2.45) is 0 Å². The van der Waals surface area contributed by atoms with E-state index < -0.39 is 25.7 Å². The van der Waals surface area contributed by atoms with Crippen LogP contribution in [0.25, 0.3) is 0 Å². The van der Waals surface area contributed by atoms with Gasteiger partial charge in [-0.15, -0.1) is 0 Å². The van der Waals surface area contributed by atoms with E-state index in [9.17, 15) is 0 Å². The number of hydrogen-bond donors (Lipinski definition) is 0. The van der Waals surface area contributed by atoms with Crippen LogP contribution >= 0.6 is 0 Å². The van der Waals surface area contributed by atoms with E-state index in [1.54, 1.807) is 0 Å². The monoisotopic (exact) mass is 422 g/mol. The van der Waals surface area contributed by atoms with Crippen LogP contribution < -0.4 is 15.8 Å². The number of carboxylic acid groups (broad SMARTS) is 1. The molecule has 0 aliphatic rings. The Hall–Kier alpha value is -2.33. The van der Waals surface area contributed by atoms with E-state index in [0.29, 0.717) is 0 Å². The molecule has 3 rings (SSSR count). The van der Waals surface area contributed by atoms with Crippen molar-refractivity contribution in [3.63, 3.8) is 0 Å². The Morgan fingerprint density at radius 1 is 0.708 bits per heavy atom. The Kier molecular flexibility index (Phi) is 7.30. The van der Waals surface area contributed by atoms with Gasteiger partial charge in [0.25, 0.3) is 0 Å². The standard InChI is InChI=1S/3C6H5.C3H4O2.Sn/c3*1-2-4-6-5-3-1;1-2-3(4)5;/h3*1-5H;2H,1H2,(H,4,5);/q;;;;+1/p-1. The SMILES string of the molecule is C=CC(=O)[O-].c1cc[c]([Sn+]([c]2ccccc2)[c]2ccccc2)cc1. The van der Waals surface area contributed by atoms with Crippen LogP contribution in [0.5, 0.6) is 0 Å². The van der Waals surface area contributed by atoms with Gasteiger partial charge < -0.3 is 9.90 Å². The quantitative estimate of drug-likeness (QED) is 0.468. The second-order valence-corrected chi connectivity index (χ2v) is 12.1. The van der Waals surface area contributed by atoms with Crippen LogP contribution in [0.2, 0.25) is 0 Å². The zero-order chi connectivity index (χ0) is 17.2. The molecule has 3 heteroatoms. The van der Waals surface area contributed by atoms with Crippen molar-refractivity contribution in [2.45, 2.75) is 0 Å². The molecule has 0 bridgehead atoms. The van der Waals surface area contributed by atoms with Crippen LogP contribution in [0.1, 0.15) is 0 Å². The fraction of sp³-hybridized carbons (Fsp3) is 0. The molecule has 118 valence electrons. The normalized spacial score (nSPS) is 9.33. The van der Waals surface area contributed by atoms with Gasteiger partial charge in [-0.1, -0.05) is 6.58 Å². The van der Waals surface area contributed by atoms with E-state index in [2.05, 4.69) is 97.6 Å². The van der Waals surface area contributed by atoms with Crippen molar-refractivity contribution in [3.8, 4) is 0 Å². The van der Waals surface area contributed by atoms with Gasteiger partial charge in [0.05, 0.1) is 5.97 Å². The van der Waals surface area contributed by atoms with Gasteiger partial charge in [0.2, 0.25) is 0 Å². The summed E-state index contributed by atoms with van der Waals surface area (Å²) in [6, 6.07) is 32.9. The molecule has 0 radical (unpaired) electrons. The van der Waals surface area contributed by atoms with Crippen molar-refractivity contribution in [2.75, 3.05) is 0 Å². The summed E-state index contributed by atoms with van der Waals surface area (Å²) in [4.78, 5) is 9.14. The molecule has 3 aromatic rings. The summed E-state index contributed by atoms with van der Waals surface area (Å²) in [5, 5.41) is 9.14. The molecule has 0 aliphatic heterocycles. The Labute approximate surface area is 149 Å². The van der Waals surface area contributed by atoms with Gasteiger partial charge in [-0.25, -0.2) is 0 Å². The molecule has 0 amide bonds. The van der Waals surface area contributed by atoms with Gasteiger partial charge in [-0.2, -0.15) is 0 Å². The fourth-order valence-corrected chi connectivity index (χ4v) is 9.67. The Bertz CT molecular complexity index is 662. The van der Waals surface area contributed by atoms with E-state index in [1.165, 1.54) is 10.7 Å². The van der Waals surface area contributed by atoms with Crippen LogP contribution in [0.4, 0.5) is 0 Å². The number of aliphatic carboxylic acids is 1. The number of carbonyl (C=O) groups is 1. The number of carboxylic acids is 1. The van der Waals surface area contributed by atoms with Crippen molar-refractivity contribution in [1.29, 1.82) is 0 Å². The minimum atomic E-state index is -1.98. The van der Waals surface area contributed by atoms with E-state index >= 15 is 0 Å². The molecule has 0 N–H and O–H groups in total. The van der Waals surface area contributed by atoms with Gasteiger partial charge in [-0.3, -0.25) is 0 Å². The van der Waals surface area contributed by atoms with Crippen LogP contribution in [0, 0.1) is 0 Å². The van der Waals surface area contributed by atoms with E-state index in [-0.39, 0.29) is 0 Å². The van der Waals surface area contributed by atoms with Gasteiger partial charge in [0.15, 0.2) is 0 Å². The average Bonchev–Trinajstić information content (AvgIpc) is 2.65. The zero-order valence-corrected chi connectivity index (χ0v) is 16.1. The molecule has 2 nitrogen and oxygen atoms in total. The molecule has 0 aromatic heterocycles.